The van der Waals surface area contributed by atoms with Crippen LogP contribution in [0.1, 0.15) is 32.0 Å². The van der Waals surface area contributed by atoms with Gasteiger partial charge >= 0.3 is 0 Å². The maximum absolute atomic E-state index is 5.37. The van der Waals surface area contributed by atoms with Crippen LogP contribution in [-0.4, -0.2) is 16.7 Å². The first-order valence-corrected chi connectivity index (χ1v) is 4.74. The van der Waals surface area contributed by atoms with Crippen LogP contribution in [0.2, 0.25) is 0 Å². The standard InChI is InChI=1S/C9H17N3O/c1-7(2)3-4-9-11-8(5-6-10)12-13-9/h7H,3-6,10H2,1-2H3. The van der Waals surface area contributed by atoms with Crippen LogP contribution in [0.3, 0.4) is 0 Å². The number of nitrogens with zero attached hydrogens (tertiary/aromatic N) is 2. The van der Waals surface area contributed by atoms with E-state index in [0.29, 0.717) is 18.9 Å². The van der Waals surface area contributed by atoms with Gasteiger partial charge < -0.3 is 10.3 Å². The average molecular weight is 183 g/mol. The van der Waals surface area contributed by atoms with Gasteiger partial charge in [-0.3, -0.25) is 0 Å². The summed E-state index contributed by atoms with van der Waals surface area (Å²) in [6, 6.07) is 0. The molecule has 0 fully saturated rings. The van der Waals surface area contributed by atoms with Crippen molar-refractivity contribution in [3.05, 3.63) is 11.7 Å². The van der Waals surface area contributed by atoms with Crippen molar-refractivity contribution in [2.75, 3.05) is 6.54 Å². The van der Waals surface area contributed by atoms with Gasteiger partial charge in [-0.25, -0.2) is 0 Å². The van der Waals surface area contributed by atoms with Gasteiger partial charge in [0, 0.05) is 12.8 Å². The van der Waals surface area contributed by atoms with Crippen LogP contribution in [0, 0.1) is 5.92 Å². The average Bonchev–Trinajstić information content (AvgIpc) is 2.50. The predicted octanol–water partition coefficient (Wildman–Crippen LogP) is 1.16. The van der Waals surface area contributed by atoms with E-state index in [9.17, 15) is 0 Å². The molecule has 0 spiro atoms. The fourth-order valence-corrected chi connectivity index (χ4v) is 1.03. The van der Waals surface area contributed by atoms with Crippen LogP contribution >= 0.6 is 0 Å². The predicted molar refractivity (Wildman–Crippen MR) is 50.2 cm³/mol. The lowest BCUT2D eigenvalue weighted by Gasteiger charge is -1.98. The van der Waals surface area contributed by atoms with Crippen molar-refractivity contribution in [2.45, 2.75) is 33.1 Å². The van der Waals surface area contributed by atoms with Crippen molar-refractivity contribution in [3.8, 4) is 0 Å². The molecule has 1 aromatic rings. The van der Waals surface area contributed by atoms with E-state index in [2.05, 4.69) is 24.0 Å². The van der Waals surface area contributed by atoms with Crippen molar-refractivity contribution in [3.63, 3.8) is 0 Å². The van der Waals surface area contributed by atoms with Gasteiger partial charge in [0.1, 0.15) is 0 Å². The summed E-state index contributed by atoms with van der Waals surface area (Å²) >= 11 is 0. The Morgan fingerprint density at radius 1 is 1.38 bits per heavy atom. The molecule has 13 heavy (non-hydrogen) atoms. The third-order valence-electron chi connectivity index (χ3n) is 1.81. The highest BCUT2D eigenvalue weighted by Gasteiger charge is 2.05. The maximum atomic E-state index is 5.37. The maximum Gasteiger partial charge on any atom is 0.226 e. The molecule has 0 aliphatic carbocycles. The molecular weight excluding hydrogens is 166 g/mol. The highest BCUT2D eigenvalue weighted by molar-refractivity contribution is 4.86. The molecule has 0 aliphatic rings. The zero-order valence-corrected chi connectivity index (χ0v) is 8.29. The normalized spacial score (nSPS) is 11.1. The smallest absolute Gasteiger partial charge is 0.226 e. The van der Waals surface area contributed by atoms with Gasteiger partial charge in [0.05, 0.1) is 0 Å². The van der Waals surface area contributed by atoms with E-state index in [1.165, 1.54) is 0 Å². The number of nitrogens with two attached hydrogens (primary N) is 1. The first-order chi connectivity index (χ1) is 6.22. The van der Waals surface area contributed by atoms with E-state index < -0.39 is 0 Å². The van der Waals surface area contributed by atoms with Crippen LogP contribution < -0.4 is 5.73 Å². The second-order valence-corrected chi connectivity index (χ2v) is 3.58. The Morgan fingerprint density at radius 2 is 2.15 bits per heavy atom. The van der Waals surface area contributed by atoms with Gasteiger partial charge in [-0.2, -0.15) is 4.98 Å². The summed E-state index contributed by atoms with van der Waals surface area (Å²) in [5, 5.41) is 3.82. The van der Waals surface area contributed by atoms with Gasteiger partial charge in [-0.15, -0.1) is 0 Å². The van der Waals surface area contributed by atoms with Crippen molar-refractivity contribution in [1.82, 2.24) is 10.1 Å². The highest BCUT2D eigenvalue weighted by atomic mass is 16.5. The first-order valence-electron chi connectivity index (χ1n) is 4.74. The molecule has 0 saturated carbocycles. The molecule has 0 atom stereocenters. The van der Waals surface area contributed by atoms with Crippen LogP contribution in [-0.2, 0) is 12.8 Å². The molecule has 4 nitrogen and oxygen atoms in total. The molecule has 0 saturated heterocycles. The summed E-state index contributed by atoms with van der Waals surface area (Å²) in [5.74, 6) is 2.13. The zero-order chi connectivity index (χ0) is 9.68. The van der Waals surface area contributed by atoms with E-state index in [-0.39, 0.29) is 0 Å². The number of hydrogen-bond acceptors (Lipinski definition) is 4. The lowest BCUT2D eigenvalue weighted by atomic mass is 10.1. The van der Waals surface area contributed by atoms with Crippen molar-refractivity contribution < 1.29 is 4.52 Å². The Balaban J connectivity index is 2.39. The van der Waals surface area contributed by atoms with Crippen molar-refractivity contribution in [2.24, 2.45) is 11.7 Å². The summed E-state index contributed by atoms with van der Waals surface area (Å²) in [6.07, 6.45) is 2.66. The van der Waals surface area contributed by atoms with Crippen LogP contribution in [0.15, 0.2) is 4.52 Å². The van der Waals surface area contributed by atoms with Gasteiger partial charge in [-0.1, -0.05) is 19.0 Å². The van der Waals surface area contributed by atoms with Crippen LogP contribution in [0.5, 0.6) is 0 Å². The lowest BCUT2D eigenvalue weighted by molar-refractivity contribution is 0.363. The number of aryl methyl sites for hydroxylation is 1. The number of aromatic nitrogens is 2. The number of hydrogen-bond donors (Lipinski definition) is 1. The second kappa shape index (κ2) is 4.97. The van der Waals surface area contributed by atoms with E-state index in [1.54, 1.807) is 0 Å². The van der Waals surface area contributed by atoms with E-state index in [4.69, 9.17) is 10.3 Å². The Kier molecular flexibility index (Phi) is 3.89. The molecule has 0 bridgehead atoms. The third kappa shape index (κ3) is 3.55. The van der Waals surface area contributed by atoms with E-state index in [1.807, 2.05) is 0 Å². The lowest BCUT2D eigenvalue weighted by Crippen LogP contribution is -2.04. The molecule has 0 radical (unpaired) electrons. The fraction of sp³-hybridized carbons (Fsp3) is 0.778. The molecule has 1 aromatic heterocycles. The topological polar surface area (TPSA) is 64.9 Å². The summed E-state index contributed by atoms with van der Waals surface area (Å²) < 4.78 is 5.05. The SMILES string of the molecule is CC(C)CCc1nc(CCN)no1. The Hall–Kier alpha value is -0.900. The second-order valence-electron chi connectivity index (χ2n) is 3.58. The molecule has 0 aliphatic heterocycles. The minimum Gasteiger partial charge on any atom is -0.339 e. The Morgan fingerprint density at radius 3 is 2.77 bits per heavy atom. The monoisotopic (exact) mass is 183 g/mol. The van der Waals surface area contributed by atoms with E-state index >= 15 is 0 Å². The van der Waals surface area contributed by atoms with E-state index in [0.717, 1.165) is 24.6 Å². The molecule has 74 valence electrons. The Bertz CT molecular complexity index is 245. The van der Waals surface area contributed by atoms with Gasteiger partial charge in [0.25, 0.3) is 0 Å². The fourth-order valence-electron chi connectivity index (χ4n) is 1.03. The molecule has 0 aromatic carbocycles. The summed E-state index contributed by atoms with van der Waals surface area (Å²) in [7, 11) is 0. The third-order valence-corrected chi connectivity index (χ3v) is 1.81. The highest BCUT2D eigenvalue weighted by Crippen LogP contribution is 2.06. The summed E-state index contributed by atoms with van der Waals surface area (Å²) in [5.41, 5.74) is 5.37. The largest absolute Gasteiger partial charge is 0.339 e. The Labute approximate surface area is 78.5 Å². The molecule has 2 N–H and O–H groups in total. The minimum atomic E-state index is 0.573. The minimum absolute atomic E-state index is 0.573. The zero-order valence-electron chi connectivity index (χ0n) is 8.29. The molecule has 4 heteroatoms. The van der Waals surface area contributed by atoms with Crippen molar-refractivity contribution >= 4 is 0 Å². The molecule has 1 heterocycles. The molecule has 0 unspecified atom stereocenters. The van der Waals surface area contributed by atoms with Gasteiger partial charge in [-0.05, 0) is 18.9 Å². The molecular formula is C9H17N3O. The summed E-state index contributed by atoms with van der Waals surface area (Å²) in [6.45, 7) is 4.93. The molecule has 1 rings (SSSR count). The van der Waals surface area contributed by atoms with Crippen LogP contribution in [0.25, 0.3) is 0 Å². The number of rotatable bonds is 5. The van der Waals surface area contributed by atoms with Gasteiger partial charge in [0.15, 0.2) is 5.82 Å². The van der Waals surface area contributed by atoms with Crippen LogP contribution in [0.4, 0.5) is 0 Å². The van der Waals surface area contributed by atoms with Gasteiger partial charge in [0.2, 0.25) is 5.89 Å². The first kappa shape index (κ1) is 10.2. The molecule has 0 amide bonds. The quantitative estimate of drug-likeness (QED) is 0.744. The van der Waals surface area contributed by atoms with Crippen molar-refractivity contribution in [1.29, 1.82) is 0 Å². The summed E-state index contributed by atoms with van der Waals surface area (Å²) in [4.78, 5) is 4.21.